The Morgan fingerprint density at radius 3 is 2.47 bits per heavy atom. The van der Waals surface area contributed by atoms with Crippen molar-refractivity contribution < 1.29 is 57.9 Å². The summed E-state index contributed by atoms with van der Waals surface area (Å²) in [5.74, 6) is 0.625. The largest absolute Gasteiger partial charge is 0.493 e. The van der Waals surface area contributed by atoms with E-state index in [1.165, 1.54) is 24.3 Å². The second-order valence-electron chi connectivity index (χ2n) is 18.6. The van der Waals surface area contributed by atoms with Crippen LogP contribution in [0.5, 0.6) is 28.7 Å². The van der Waals surface area contributed by atoms with Gasteiger partial charge < -0.3 is 48.2 Å². The number of hydrogen-bond donors (Lipinski definition) is 2. The minimum Gasteiger partial charge on any atom is -0.493 e. The lowest BCUT2D eigenvalue weighted by molar-refractivity contribution is -0.384. The topological polar surface area (TPSA) is 190 Å². The summed E-state index contributed by atoms with van der Waals surface area (Å²) in [4.78, 5) is 35.5. The van der Waals surface area contributed by atoms with Gasteiger partial charge in [-0.2, -0.15) is 0 Å². The molecule has 0 bridgehead atoms. The molecule has 3 aliphatic heterocycles. The van der Waals surface area contributed by atoms with Gasteiger partial charge in [-0.15, -0.1) is 18.3 Å². The molecule has 2 fully saturated rings. The molecule has 17 heteroatoms. The number of aliphatic hydroxyl groups excluding tert-OH is 2. The average molecular weight is 1010 g/mol. The Morgan fingerprint density at radius 1 is 0.931 bits per heavy atom. The molecule has 7 atom stereocenters. The van der Waals surface area contributed by atoms with Gasteiger partial charge in [-0.25, -0.2) is 4.79 Å². The van der Waals surface area contributed by atoms with Crippen molar-refractivity contribution in [1.82, 2.24) is 4.90 Å². The number of nitro benzene ring substituents is 1. The minimum atomic E-state index is -1.61. The Labute approximate surface area is 424 Å². The first-order valence-electron chi connectivity index (χ1n) is 25.1. The van der Waals surface area contributed by atoms with E-state index in [-0.39, 0.29) is 68.8 Å². The summed E-state index contributed by atoms with van der Waals surface area (Å²) >= 11 is 1.72. The normalized spacial score (nSPS) is 24.2. The summed E-state index contributed by atoms with van der Waals surface area (Å²) in [6.07, 6.45) is 9.52. The zero-order chi connectivity index (χ0) is 49.9. The lowest BCUT2D eigenvalue weighted by atomic mass is 9.55. The Balaban J connectivity index is 1.20. The molecule has 16 nitrogen and oxygen atoms in total. The van der Waals surface area contributed by atoms with Crippen molar-refractivity contribution in [3.05, 3.63) is 137 Å². The SMILES string of the molecule is C=CCO[C@@]12Oc3ccc(OCCSc4ccccc4)cc3[C@H]3[C@H](CCCCO)[C@@H](CCCCO)C=C(C(=NOC4CCCCO4)C[C@@H]1N(Cc1ccc4c(c1)OCO4)C(=O)Oc1ccc([N+](=O)[O-])cc1)[C@H]32. The molecule has 3 heterocycles. The van der Waals surface area contributed by atoms with E-state index in [4.69, 9.17) is 43.2 Å². The maximum absolute atomic E-state index is 15.3. The molecule has 9 rings (SSSR count). The number of nitrogens with zero attached hydrogens (tertiary/aromatic N) is 3. The summed E-state index contributed by atoms with van der Waals surface area (Å²) in [6.45, 7) is 5.28. The van der Waals surface area contributed by atoms with E-state index in [2.05, 4.69) is 30.9 Å². The van der Waals surface area contributed by atoms with E-state index in [1.807, 2.05) is 42.5 Å². The molecular weight excluding hydrogens is 943 g/mol. The second-order valence-corrected chi connectivity index (χ2v) is 19.8. The van der Waals surface area contributed by atoms with Gasteiger partial charge in [0, 0.05) is 66.9 Å². The van der Waals surface area contributed by atoms with Crippen molar-refractivity contribution in [2.24, 2.45) is 22.9 Å². The summed E-state index contributed by atoms with van der Waals surface area (Å²) in [5, 5.41) is 36.7. The van der Waals surface area contributed by atoms with E-state index in [1.54, 1.807) is 28.8 Å². The van der Waals surface area contributed by atoms with E-state index in [0.717, 1.165) is 60.3 Å². The third-order valence-electron chi connectivity index (χ3n) is 14.1. The average Bonchev–Trinajstić information content (AvgIpc) is 3.88. The second kappa shape index (κ2) is 24.1. The number of thioether (sulfide) groups is 1. The van der Waals surface area contributed by atoms with Crippen LogP contribution in [0.4, 0.5) is 10.5 Å². The van der Waals surface area contributed by atoms with Gasteiger partial charge >= 0.3 is 6.09 Å². The van der Waals surface area contributed by atoms with Gasteiger partial charge in [0.25, 0.3) is 5.69 Å². The molecule has 1 saturated heterocycles. The van der Waals surface area contributed by atoms with Crippen LogP contribution >= 0.6 is 11.8 Å². The number of benzene rings is 4. The number of oxime groups is 1. The van der Waals surface area contributed by atoms with Gasteiger partial charge in [0.05, 0.1) is 36.4 Å². The highest BCUT2D eigenvalue weighted by Gasteiger charge is 2.66. The summed E-state index contributed by atoms with van der Waals surface area (Å²) in [5.41, 5.74) is 2.93. The number of ether oxygens (including phenoxy) is 7. The molecule has 4 aromatic carbocycles. The van der Waals surface area contributed by atoms with Gasteiger partial charge in [0.15, 0.2) is 11.5 Å². The first kappa shape index (κ1) is 50.8. The van der Waals surface area contributed by atoms with Crippen LogP contribution < -0.4 is 23.7 Å². The third-order valence-corrected chi connectivity index (χ3v) is 15.1. The number of nitro groups is 1. The van der Waals surface area contributed by atoms with Gasteiger partial charge in [0.1, 0.15) is 23.3 Å². The molecule has 1 unspecified atom stereocenters. The van der Waals surface area contributed by atoms with Gasteiger partial charge in [0.2, 0.25) is 18.9 Å². The molecule has 1 saturated carbocycles. The summed E-state index contributed by atoms with van der Waals surface area (Å²) in [6, 6.07) is 26.0. The monoisotopic (exact) mass is 1010 g/mol. The summed E-state index contributed by atoms with van der Waals surface area (Å²) in [7, 11) is 0. The third kappa shape index (κ3) is 11.6. The molecule has 2 aliphatic carbocycles. The maximum Gasteiger partial charge on any atom is 0.416 e. The number of allylic oxidation sites excluding steroid dienone is 1. The zero-order valence-corrected chi connectivity index (χ0v) is 41.2. The van der Waals surface area contributed by atoms with Crippen LogP contribution in [0.2, 0.25) is 0 Å². The number of carbonyl (C=O) groups excluding carboxylic acids is 1. The molecule has 382 valence electrons. The molecule has 0 radical (unpaired) electrons. The first-order valence-corrected chi connectivity index (χ1v) is 26.0. The Bertz CT molecular complexity index is 2560. The fourth-order valence-corrected chi connectivity index (χ4v) is 11.6. The highest BCUT2D eigenvalue weighted by molar-refractivity contribution is 7.99. The number of non-ortho nitro benzene ring substituents is 1. The van der Waals surface area contributed by atoms with Crippen molar-refractivity contribution in [2.45, 2.75) is 99.7 Å². The van der Waals surface area contributed by atoms with Crippen molar-refractivity contribution in [1.29, 1.82) is 0 Å². The van der Waals surface area contributed by atoms with Gasteiger partial charge in [-0.05, 0) is 116 Å². The lowest BCUT2D eigenvalue weighted by Crippen LogP contribution is -2.70. The van der Waals surface area contributed by atoms with Crippen LogP contribution in [-0.2, 0) is 20.9 Å². The van der Waals surface area contributed by atoms with Gasteiger partial charge in [-0.3, -0.25) is 15.0 Å². The molecule has 2 N–H and O–H groups in total. The van der Waals surface area contributed by atoms with Crippen molar-refractivity contribution in [3.63, 3.8) is 0 Å². The first-order chi connectivity index (χ1) is 35.3. The van der Waals surface area contributed by atoms with E-state index in [9.17, 15) is 20.3 Å². The van der Waals surface area contributed by atoms with Crippen molar-refractivity contribution >= 4 is 29.3 Å². The highest BCUT2D eigenvalue weighted by atomic mass is 32.2. The fourth-order valence-electron chi connectivity index (χ4n) is 10.8. The quantitative estimate of drug-likeness (QED) is 0.0235. The van der Waals surface area contributed by atoms with Crippen molar-refractivity contribution in [3.8, 4) is 28.7 Å². The molecule has 72 heavy (non-hydrogen) atoms. The van der Waals surface area contributed by atoms with Gasteiger partial charge in [-0.1, -0.05) is 54.4 Å². The molecule has 0 spiro atoms. The van der Waals surface area contributed by atoms with Crippen LogP contribution in [0.25, 0.3) is 0 Å². The molecular formula is C55H63N3O13S. The molecule has 1 amide bonds. The van der Waals surface area contributed by atoms with E-state index < -0.39 is 35.1 Å². The van der Waals surface area contributed by atoms with Crippen molar-refractivity contribution in [2.75, 3.05) is 45.6 Å². The van der Waals surface area contributed by atoms with E-state index in [0.29, 0.717) is 66.7 Å². The number of amides is 1. The predicted octanol–water partition coefficient (Wildman–Crippen LogP) is 10.4. The van der Waals surface area contributed by atoms with E-state index >= 15 is 4.79 Å². The number of hydrogen-bond acceptors (Lipinski definition) is 15. The predicted molar refractivity (Wildman–Crippen MR) is 270 cm³/mol. The standard InChI is InChI=1S/C55H63N3O13S/c1-2-27-68-55-50(57(35-37-17-23-48-49(31-37)67-36-66-48)54(61)69-40-20-18-39(19-21-40)58(62)63)34-46(56-71-51-16-8-11-28-65-51)44-32-38(12-6-9-25-59)43(15-7-10-26-60)52(53(44)55)45-33-41(22-24-47(45)70-55)64-29-30-72-42-13-4-3-5-14-42/h2-5,13-14,17-24,31-33,38,43,50-53,59-60H,1,6-12,15-16,25-30,34-36H2/t38-,43+,50-,51?,52+,53+,55+/m0/s1. The number of fused-ring (bicyclic) bond motifs is 3. The molecule has 0 aromatic heterocycles. The Morgan fingerprint density at radius 2 is 1.71 bits per heavy atom. The Hall–Kier alpha value is -6.11. The molecule has 5 aliphatic rings. The lowest BCUT2D eigenvalue weighted by Gasteiger charge is -2.59. The fraction of sp³-hybridized carbons (Fsp3) is 0.455. The number of rotatable bonds is 23. The Kier molecular flexibility index (Phi) is 17.0. The smallest absolute Gasteiger partial charge is 0.416 e. The minimum absolute atomic E-state index is 0.00548. The van der Waals surface area contributed by atoms with Crippen LogP contribution in [-0.4, -0.2) is 95.5 Å². The maximum atomic E-state index is 15.3. The van der Waals surface area contributed by atoms with Crippen LogP contribution in [0, 0.1) is 27.9 Å². The number of aliphatic hydroxyl groups is 2. The highest BCUT2D eigenvalue weighted by Crippen LogP contribution is 2.62. The zero-order valence-electron chi connectivity index (χ0n) is 40.3. The van der Waals surface area contributed by atoms with Crippen LogP contribution in [0.15, 0.2) is 125 Å². The summed E-state index contributed by atoms with van der Waals surface area (Å²) < 4.78 is 44.8. The van der Waals surface area contributed by atoms with Crippen LogP contribution in [0.3, 0.4) is 0 Å². The molecule has 4 aromatic rings. The van der Waals surface area contributed by atoms with Crippen LogP contribution in [0.1, 0.15) is 81.3 Å². The number of unbranched alkanes of at least 4 members (excludes halogenated alkanes) is 2. The number of carbonyl (C=O) groups is 1.